The Hall–Kier alpha value is -0.200. The van der Waals surface area contributed by atoms with E-state index in [1.807, 2.05) is 0 Å². The van der Waals surface area contributed by atoms with Crippen LogP contribution in [-0.4, -0.2) is 51.5 Å². The maximum absolute atomic E-state index is 9.19. The molecule has 0 spiro atoms. The summed E-state index contributed by atoms with van der Waals surface area (Å²) in [7, 11) is 0. The highest BCUT2D eigenvalue weighted by Gasteiger charge is 2.43. The minimum absolute atomic E-state index is 0.281. The van der Waals surface area contributed by atoms with E-state index in [9.17, 15) is 10.2 Å². The maximum Gasteiger partial charge on any atom is 0.207 e. The van der Waals surface area contributed by atoms with Gasteiger partial charge < -0.3 is 25.7 Å². The second-order valence-electron chi connectivity index (χ2n) is 2.78. The molecule has 0 aliphatic carbocycles. The molecule has 1 fully saturated rings. The molecule has 0 aromatic heterocycles. The lowest BCUT2D eigenvalue weighted by Crippen LogP contribution is -2.64. The molecule has 0 bridgehead atoms. The van der Waals surface area contributed by atoms with Crippen LogP contribution in [0.2, 0.25) is 0 Å². The average molecular weight is 163 g/mol. The van der Waals surface area contributed by atoms with Crippen molar-refractivity contribution in [1.29, 1.82) is 0 Å². The summed E-state index contributed by atoms with van der Waals surface area (Å²) in [4.78, 5) is 0. The largest absolute Gasteiger partial charge is 0.395 e. The molecule has 11 heavy (non-hydrogen) atoms. The second-order valence-corrected chi connectivity index (χ2v) is 2.78. The molecule has 5 heteroatoms. The number of aliphatic hydroxyl groups excluding tert-OH is 2. The molecule has 0 radical (unpaired) electrons. The first kappa shape index (κ1) is 8.89. The highest BCUT2D eigenvalue weighted by Crippen LogP contribution is 2.18. The van der Waals surface area contributed by atoms with E-state index in [4.69, 9.17) is 10.2 Å². The van der Waals surface area contributed by atoms with E-state index in [1.165, 1.54) is 0 Å². The van der Waals surface area contributed by atoms with E-state index in [1.54, 1.807) is 0 Å². The Balaban J connectivity index is 2.64. The van der Waals surface area contributed by atoms with E-state index in [2.05, 4.69) is 5.32 Å². The van der Waals surface area contributed by atoms with Crippen molar-refractivity contribution < 1.29 is 20.4 Å². The Morgan fingerprint density at radius 1 is 1.45 bits per heavy atom. The van der Waals surface area contributed by atoms with Crippen molar-refractivity contribution in [2.24, 2.45) is 0 Å². The van der Waals surface area contributed by atoms with E-state index < -0.39 is 24.5 Å². The fraction of sp³-hybridized carbons (Fsp3) is 1.00. The highest BCUT2D eigenvalue weighted by atomic mass is 16.5. The Morgan fingerprint density at radius 3 is 2.55 bits per heavy atom. The lowest BCUT2D eigenvalue weighted by Gasteiger charge is -2.38. The first-order valence-corrected chi connectivity index (χ1v) is 3.56. The molecule has 2 atom stereocenters. The van der Waals surface area contributed by atoms with Gasteiger partial charge in [-0.25, -0.2) is 0 Å². The minimum Gasteiger partial charge on any atom is -0.395 e. The van der Waals surface area contributed by atoms with Gasteiger partial charge in [-0.1, -0.05) is 0 Å². The number of hydrogen-bond donors (Lipinski definition) is 5. The molecule has 1 aliphatic rings. The number of hydrogen-bond acceptors (Lipinski definition) is 5. The van der Waals surface area contributed by atoms with Crippen LogP contribution in [0.1, 0.15) is 6.42 Å². The standard InChI is InChI=1S/C6H13NO4/c8-3-4-6(10,11)5(9)1-2-7-4/h4-5,7-11H,1-3H2/t4?,5-/m1/s1. The van der Waals surface area contributed by atoms with E-state index in [0.29, 0.717) is 6.54 Å². The van der Waals surface area contributed by atoms with Gasteiger partial charge in [0.2, 0.25) is 5.79 Å². The zero-order valence-corrected chi connectivity index (χ0v) is 6.06. The molecule has 1 heterocycles. The van der Waals surface area contributed by atoms with Gasteiger partial charge in [-0.05, 0) is 13.0 Å². The van der Waals surface area contributed by atoms with Gasteiger partial charge >= 0.3 is 0 Å². The topological polar surface area (TPSA) is 93.0 Å². The summed E-state index contributed by atoms with van der Waals surface area (Å²) in [6, 6.07) is -0.855. The molecule has 1 rings (SSSR count). The fourth-order valence-electron chi connectivity index (χ4n) is 1.19. The van der Waals surface area contributed by atoms with Gasteiger partial charge in [-0.2, -0.15) is 0 Å². The van der Waals surface area contributed by atoms with Crippen LogP contribution in [0.5, 0.6) is 0 Å². The van der Waals surface area contributed by atoms with Gasteiger partial charge in [0, 0.05) is 0 Å². The van der Waals surface area contributed by atoms with Crippen LogP contribution < -0.4 is 5.32 Å². The molecule has 1 unspecified atom stereocenters. The molecule has 0 aromatic rings. The first-order valence-electron chi connectivity index (χ1n) is 3.56. The van der Waals surface area contributed by atoms with Crippen molar-refractivity contribution >= 4 is 0 Å². The number of rotatable bonds is 1. The Labute approximate surface area is 64.3 Å². The SMILES string of the molecule is OCC1NCC[C@@H](O)C1(O)O. The molecule has 66 valence electrons. The molecule has 5 nitrogen and oxygen atoms in total. The van der Waals surface area contributed by atoms with Crippen molar-refractivity contribution in [3.63, 3.8) is 0 Å². The van der Waals surface area contributed by atoms with Gasteiger partial charge in [-0.15, -0.1) is 0 Å². The Kier molecular flexibility index (Phi) is 2.46. The van der Waals surface area contributed by atoms with Crippen LogP contribution in [0.3, 0.4) is 0 Å². The van der Waals surface area contributed by atoms with E-state index >= 15 is 0 Å². The summed E-state index contributed by atoms with van der Waals surface area (Å²) in [6.07, 6.45) is -0.898. The Morgan fingerprint density at radius 2 is 2.09 bits per heavy atom. The lowest BCUT2D eigenvalue weighted by molar-refractivity contribution is -0.258. The fourth-order valence-corrected chi connectivity index (χ4v) is 1.19. The summed E-state index contributed by atoms with van der Waals surface area (Å²) >= 11 is 0. The van der Waals surface area contributed by atoms with Crippen LogP contribution in [-0.2, 0) is 0 Å². The van der Waals surface area contributed by atoms with E-state index in [-0.39, 0.29) is 6.42 Å². The van der Waals surface area contributed by atoms with Crippen molar-refractivity contribution in [2.75, 3.05) is 13.2 Å². The third-order valence-electron chi connectivity index (χ3n) is 1.99. The predicted molar refractivity (Wildman–Crippen MR) is 36.7 cm³/mol. The number of piperidine rings is 1. The number of aliphatic hydroxyl groups is 4. The van der Waals surface area contributed by atoms with Crippen LogP contribution in [0.15, 0.2) is 0 Å². The van der Waals surface area contributed by atoms with E-state index in [0.717, 1.165) is 0 Å². The van der Waals surface area contributed by atoms with Crippen LogP contribution in [0, 0.1) is 0 Å². The average Bonchev–Trinajstić information content (AvgIpc) is 1.95. The summed E-state index contributed by atoms with van der Waals surface area (Å²) in [5.41, 5.74) is 0. The van der Waals surface area contributed by atoms with Gasteiger partial charge in [0.1, 0.15) is 6.10 Å². The predicted octanol–water partition coefficient (Wildman–Crippen LogP) is -2.62. The zero-order valence-electron chi connectivity index (χ0n) is 6.06. The second kappa shape index (κ2) is 3.04. The van der Waals surface area contributed by atoms with Crippen molar-refractivity contribution in [3.8, 4) is 0 Å². The zero-order chi connectivity index (χ0) is 8.48. The molecule has 0 saturated carbocycles. The molecule has 5 N–H and O–H groups in total. The molecule has 1 aliphatic heterocycles. The normalized spacial score (nSPS) is 37.1. The molecular weight excluding hydrogens is 150 g/mol. The van der Waals surface area contributed by atoms with Gasteiger partial charge in [0.25, 0.3) is 0 Å². The van der Waals surface area contributed by atoms with Crippen LogP contribution in [0.25, 0.3) is 0 Å². The van der Waals surface area contributed by atoms with Crippen LogP contribution in [0.4, 0.5) is 0 Å². The van der Waals surface area contributed by atoms with Crippen molar-refractivity contribution in [3.05, 3.63) is 0 Å². The van der Waals surface area contributed by atoms with Gasteiger partial charge in [0.15, 0.2) is 0 Å². The molecular formula is C6H13NO4. The van der Waals surface area contributed by atoms with Gasteiger partial charge in [0.05, 0.1) is 12.6 Å². The minimum atomic E-state index is -2.20. The summed E-state index contributed by atoms with van der Waals surface area (Å²) in [5.74, 6) is -2.20. The molecule has 0 amide bonds. The molecule has 0 aromatic carbocycles. The Bertz CT molecular complexity index is 139. The molecule has 1 saturated heterocycles. The quantitative estimate of drug-likeness (QED) is 0.273. The van der Waals surface area contributed by atoms with Crippen LogP contribution >= 0.6 is 0 Å². The summed E-state index contributed by atoms with van der Waals surface area (Å²) in [5, 5.41) is 38.8. The monoisotopic (exact) mass is 163 g/mol. The highest BCUT2D eigenvalue weighted by molar-refractivity contribution is 4.92. The third-order valence-corrected chi connectivity index (χ3v) is 1.99. The lowest BCUT2D eigenvalue weighted by atomic mass is 9.95. The smallest absolute Gasteiger partial charge is 0.207 e. The first-order chi connectivity index (χ1) is 5.09. The van der Waals surface area contributed by atoms with Gasteiger partial charge in [-0.3, -0.25) is 0 Å². The summed E-state index contributed by atoms with van der Waals surface area (Å²) < 4.78 is 0. The summed E-state index contributed by atoms with van der Waals surface area (Å²) in [6.45, 7) is 0.0827. The maximum atomic E-state index is 9.19. The third kappa shape index (κ3) is 1.52. The van der Waals surface area contributed by atoms with Crippen molar-refractivity contribution in [1.82, 2.24) is 5.32 Å². The van der Waals surface area contributed by atoms with Crippen molar-refractivity contribution in [2.45, 2.75) is 24.4 Å². The number of nitrogens with one attached hydrogen (secondary N) is 1.